The second-order valence-electron chi connectivity index (χ2n) is 4.60. The molecule has 0 aromatic heterocycles. The number of hydrogen-bond donors (Lipinski definition) is 0. The van der Waals surface area contributed by atoms with E-state index in [9.17, 15) is 13.6 Å². The van der Waals surface area contributed by atoms with Crippen molar-refractivity contribution < 1.29 is 18.3 Å². The van der Waals surface area contributed by atoms with Crippen LogP contribution in [0.1, 0.15) is 12.8 Å². The second-order valence-corrected chi connectivity index (χ2v) is 5.51. The van der Waals surface area contributed by atoms with Gasteiger partial charge in [-0.05, 0) is 24.5 Å². The van der Waals surface area contributed by atoms with Crippen molar-refractivity contribution in [1.29, 1.82) is 0 Å². The predicted molar refractivity (Wildman–Crippen MR) is 71.0 cm³/mol. The SMILES string of the molecule is COC(=O)C[C@@H]1CCN(c2c(F)cc(Br)cc2F)C1. The molecule has 1 aromatic rings. The summed E-state index contributed by atoms with van der Waals surface area (Å²) in [5.74, 6) is -1.39. The smallest absolute Gasteiger partial charge is 0.305 e. The van der Waals surface area contributed by atoms with Crippen LogP contribution in [0.4, 0.5) is 14.5 Å². The molecule has 0 spiro atoms. The fourth-order valence-corrected chi connectivity index (χ4v) is 2.76. The zero-order valence-electron chi connectivity index (χ0n) is 10.5. The van der Waals surface area contributed by atoms with Crippen LogP contribution in [0.25, 0.3) is 0 Å². The molecule has 1 atom stereocenters. The van der Waals surface area contributed by atoms with Crippen molar-refractivity contribution in [3.05, 3.63) is 28.2 Å². The predicted octanol–water partition coefficient (Wildman–Crippen LogP) is 3.12. The largest absolute Gasteiger partial charge is 0.469 e. The molecular weight excluding hydrogens is 320 g/mol. The maximum Gasteiger partial charge on any atom is 0.305 e. The van der Waals surface area contributed by atoms with Crippen molar-refractivity contribution in [2.75, 3.05) is 25.1 Å². The molecule has 0 saturated carbocycles. The highest BCUT2D eigenvalue weighted by Crippen LogP contribution is 2.32. The van der Waals surface area contributed by atoms with Crippen LogP contribution in [0.15, 0.2) is 16.6 Å². The molecule has 0 N–H and O–H groups in total. The fraction of sp³-hybridized carbons (Fsp3) is 0.462. The highest BCUT2D eigenvalue weighted by atomic mass is 79.9. The number of methoxy groups -OCH3 is 1. The maximum atomic E-state index is 13.8. The monoisotopic (exact) mass is 333 g/mol. The molecule has 3 nitrogen and oxygen atoms in total. The van der Waals surface area contributed by atoms with Gasteiger partial charge in [-0.2, -0.15) is 0 Å². The van der Waals surface area contributed by atoms with E-state index >= 15 is 0 Å². The molecule has 2 rings (SSSR count). The molecule has 104 valence electrons. The Bertz CT molecular complexity index is 473. The van der Waals surface area contributed by atoms with E-state index < -0.39 is 11.6 Å². The minimum absolute atomic E-state index is 0.0180. The Balaban J connectivity index is 2.11. The van der Waals surface area contributed by atoms with Crippen molar-refractivity contribution >= 4 is 27.6 Å². The molecule has 0 bridgehead atoms. The summed E-state index contributed by atoms with van der Waals surface area (Å²) in [6, 6.07) is 2.48. The molecular formula is C13H14BrF2NO2. The van der Waals surface area contributed by atoms with Gasteiger partial charge in [-0.3, -0.25) is 4.79 Å². The highest BCUT2D eigenvalue weighted by Gasteiger charge is 2.28. The first-order valence-corrected chi connectivity index (χ1v) is 6.77. The molecule has 1 saturated heterocycles. The van der Waals surface area contributed by atoms with Crippen molar-refractivity contribution in [2.24, 2.45) is 5.92 Å². The molecule has 1 heterocycles. The number of esters is 1. The number of rotatable bonds is 3. The molecule has 1 aliphatic heterocycles. The Morgan fingerprint density at radius 1 is 1.47 bits per heavy atom. The van der Waals surface area contributed by atoms with Crippen molar-refractivity contribution in [2.45, 2.75) is 12.8 Å². The van der Waals surface area contributed by atoms with Gasteiger partial charge in [0.15, 0.2) is 11.6 Å². The number of anilines is 1. The summed E-state index contributed by atoms with van der Waals surface area (Å²) in [6.07, 6.45) is 1.01. The van der Waals surface area contributed by atoms with E-state index in [1.54, 1.807) is 4.90 Å². The normalized spacial score (nSPS) is 18.7. The quantitative estimate of drug-likeness (QED) is 0.796. The fourth-order valence-electron chi connectivity index (χ4n) is 2.36. The van der Waals surface area contributed by atoms with Gasteiger partial charge in [-0.1, -0.05) is 15.9 Å². The molecule has 0 radical (unpaired) electrons. The van der Waals surface area contributed by atoms with Crippen molar-refractivity contribution in [3.8, 4) is 0 Å². The minimum Gasteiger partial charge on any atom is -0.469 e. The standard InChI is InChI=1S/C13H14BrF2NO2/c1-19-12(18)4-8-2-3-17(7-8)13-10(15)5-9(14)6-11(13)16/h5-6,8H,2-4,7H2,1H3/t8-/m0/s1. The summed E-state index contributed by atoms with van der Waals surface area (Å²) in [5, 5.41) is 0. The zero-order valence-corrected chi connectivity index (χ0v) is 12.0. The van der Waals surface area contributed by atoms with Crippen LogP contribution < -0.4 is 4.90 Å². The number of hydrogen-bond acceptors (Lipinski definition) is 3. The Hall–Kier alpha value is -1.17. The van der Waals surface area contributed by atoms with E-state index in [2.05, 4.69) is 20.7 Å². The Kier molecular flexibility index (Phi) is 4.39. The van der Waals surface area contributed by atoms with Gasteiger partial charge in [0.05, 0.1) is 13.5 Å². The van der Waals surface area contributed by atoms with Crippen molar-refractivity contribution in [3.63, 3.8) is 0 Å². The number of nitrogens with zero attached hydrogens (tertiary/aromatic N) is 1. The first-order valence-electron chi connectivity index (χ1n) is 5.97. The van der Waals surface area contributed by atoms with Crippen LogP contribution in [0.5, 0.6) is 0 Å². The van der Waals surface area contributed by atoms with Crippen molar-refractivity contribution in [1.82, 2.24) is 0 Å². The summed E-state index contributed by atoms with van der Waals surface area (Å²) in [7, 11) is 1.34. The summed E-state index contributed by atoms with van der Waals surface area (Å²) < 4.78 is 32.6. The maximum absolute atomic E-state index is 13.8. The van der Waals surface area contributed by atoms with Crippen LogP contribution in [0.3, 0.4) is 0 Å². The van der Waals surface area contributed by atoms with Gasteiger partial charge in [0.25, 0.3) is 0 Å². The second kappa shape index (κ2) is 5.86. The van der Waals surface area contributed by atoms with Crippen LogP contribution in [-0.4, -0.2) is 26.2 Å². The average Bonchev–Trinajstić information content (AvgIpc) is 2.75. The molecule has 0 amide bonds. The van der Waals surface area contributed by atoms with E-state index in [0.717, 1.165) is 6.42 Å². The molecule has 1 fully saturated rings. The number of carbonyl (C=O) groups is 1. The molecule has 6 heteroatoms. The molecule has 0 unspecified atom stereocenters. The topological polar surface area (TPSA) is 29.5 Å². The summed E-state index contributed by atoms with van der Waals surface area (Å²) in [5.41, 5.74) is -0.0180. The minimum atomic E-state index is -0.592. The molecule has 0 aliphatic carbocycles. The first kappa shape index (κ1) is 14.2. The number of benzene rings is 1. The highest BCUT2D eigenvalue weighted by molar-refractivity contribution is 9.10. The third-order valence-electron chi connectivity index (χ3n) is 3.27. The van der Waals surface area contributed by atoms with E-state index in [1.807, 2.05) is 0 Å². The third-order valence-corrected chi connectivity index (χ3v) is 3.72. The Morgan fingerprint density at radius 3 is 2.68 bits per heavy atom. The number of carbonyl (C=O) groups excluding carboxylic acids is 1. The van der Waals surface area contributed by atoms with Gasteiger partial charge in [-0.25, -0.2) is 8.78 Å². The summed E-state index contributed by atoms with van der Waals surface area (Å²) >= 11 is 3.05. The van der Waals surface area contributed by atoms with Gasteiger partial charge in [-0.15, -0.1) is 0 Å². The van der Waals surface area contributed by atoms with Gasteiger partial charge < -0.3 is 9.64 Å². The van der Waals surface area contributed by atoms with Crippen LogP contribution >= 0.6 is 15.9 Å². The molecule has 1 aliphatic rings. The lowest BCUT2D eigenvalue weighted by Gasteiger charge is -2.20. The van der Waals surface area contributed by atoms with Gasteiger partial charge >= 0.3 is 5.97 Å². The van der Waals surface area contributed by atoms with Crippen LogP contribution in [-0.2, 0) is 9.53 Å². The van der Waals surface area contributed by atoms with Crippen LogP contribution in [0, 0.1) is 17.6 Å². The van der Waals surface area contributed by atoms with E-state index in [1.165, 1.54) is 19.2 Å². The lowest BCUT2D eigenvalue weighted by molar-refractivity contribution is -0.141. The van der Waals surface area contributed by atoms with Gasteiger partial charge in [0.1, 0.15) is 5.69 Å². The summed E-state index contributed by atoms with van der Waals surface area (Å²) in [4.78, 5) is 12.8. The average molecular weight is 334 g/mol. The van der Waals surface area contributed by atoms with Crippen LogP contribution in [0.2, 0.25) is 0 Å². The van der Waals surface area contributed by atoms with E-state index in [4.69, 9.17) is 0 Å². The number of halogens is 3. The van der Waals surface area contributed by atoms with E-state index in [-0.39, 0.29) is 24.0 Å². The Morgan fingerprint density at radius 2 is 2.11 bits per heavy atom. The number of ether oxygens (including phenoxy) is 1. The lowest BCUT2D eigenvalue weighted by Crippen LogP contribution is -2.23. The third kappa shape index (κ3) is 3.23. The van der Waals surface area contributed by atoms with E-state index in [0.29, 0.717) is 17.6 Å². The lowest BCUT2D eigenvalue weighted by atomic mass is 10.1. The van der Waals surface area contributed by atoms with Gasteiger partial charge in [0.2, 0.25) is 0 Å². The zero-order chi connectivity index (χ0) is 14.0. The molecule has 19 heavy (non-hydrogen) atoms. The van der Waals surface area contributed by atoms with Gasteiger partial charge in [0, 0.05) is 17.6 Å². The first-order chi connectivity index (χ1) is 9.01. The Labute approximate surface area is 118 Å². The molecule has 1 aromatic carbocycles. The summed E-state index contributed by atoms with van der Waals surface area (Å²) in [6.45, 7) is 1.00.